The molecule has 0 aliphatic carbocycles. The van der Waals surface area contributed by atoms with Gasteiger partial charge < -0.3 is 15.0 Å². The standard InChI is InChI=1S/C30H36ClFN4O3/c1-19(2)33-29(38)18-25-20(3)24-17-23(39-15-5-10-35-11-13-36(14-12-35)21(4)37)7-9-28(24)34-30(25)22-6-8-27(32)26(31)16-22/h6-9,16-17,19H,5,10-15,18H2,1-4H3,(H,33,38). The number of pyridine rings is 1. The Hall–Kier alpha value is -3.23. The molecule has 4 rings (SSSR count). The highest BCUT2D eigenvalue weighted by molar-refractivity contribution is 6.31. The molecule has 9 heteroatoms. The van der Waals surface area contributed by atoms with Gasteiger partial charge in [0.15, 0.2) is 0 Å². The molecular formula is C30H36ClFN4O3. The fourth-order valence-corrected chi connectivity index (χ4v) is 5.11. The van der Waals surface area contributed by atoms with Crippen LogP contribution in [0.5, 0.6) is 5.75 Å². The predicted octanol–water partition coefficient (Wildman–Crippen LogP) is 5.00. The second-order valence-electron chi connectivity index (χ2n) is 10.3. The Morgan fingerprint density at radius 3 is 2.54 bits per heavy atom. The minimum Gasteiger partial charge on any atom is -0.494 e. The third-order valence-electron chi connectivity index (χ3n) is 7.03. The lowest BCUT2D eigenvalue weighted by Gasteiger charge is -2.34. The average Bonchev–Trinajstić information content (AvgIpc) is 2.89. The van der Waals surface area contributed by atoms with Crippen molar-refractivity contribution in [1.82, 2.24) is 20.1 Å². The fraction of sp³-hybridized carbons (Fsp3) is 0.433. The van der Waals surface area contributed by atoms with Crippen LogP contribution in [0.25, 0.3) is 22.2 Å². The molecule has 2 amide bonds. The van der Waals surface area contributed by atoms with E-state index >= 15 is 0 Å². The molecule has 0 atom stereocenters. The number of carbonyl (C=O) groups is 2. The van der Waals surface area contributed by atoms with Gasteiger partial charge in [0.05, 0.1) is 29.3 Å². The fourth-order valence-electron chi connectivity index (χ4n) is 4.93. The summed E-state index contributed by atoms with van der Waals surface area (Å²) in [7, 11) is 0. The van der Waals surface area contributed by atoms with Crippen molar-refractivity contribution in [2.45, 2.75) is 46.6 Å². The van der Waals surface area contributed by atoms with Crippen molar-refractivity contribution in [3.63, 3.8) is 0 Å². The number of hydrogen-bond acceptors (Lipinski definition) is 5. The van der Waals surface area contributed by atoms with Gasteiger partial charge in [-0.1, -0.05) is 11.6 Å². The average molecular weight is 555 g/mol. The number of aryl methyl sites for hydroxylation is 1. The van der Waals surface area contributed by atoms with Crippen molar-refractivity contribution in [1.29, 1.82) is 0 Å². The molecule has 7 nitrogen and oxygen atoms in total. The molecule has 1 fully saturated rings. The van der Waals surface area contributed by atoms with E-state index in [4.69, 9.17) is 21.3 Å². The minimum atomic E-state index is -0.503. The van der Waals surface area contributed by atoms with E-state index in [0.717, 1.165) is 66.9 Å². The van der Waals surface area contributed by atoms with E-state index in [1.165, 1.54) is 6.07 Å². The third-order valence-corrected chi connectivity index (χ3v) is 7.32. The summed E-state index contributed by atoms with van der Waals surface area (Å²) in [5.41, 5.74) is 3.71. The van der Waals surface area contributed by atoms with Crippen LogP contribution in [-0.2, 0) is 16.0 Å². The van der Waals surface area contributed by atoms with E-state index in [1.54, 1.807) is 19.1 Å². The molecular weight excluding hydrogens is 519 g/mol. The second-order valence-corrected chi connectivity index (χ2v) is 10.7. The van der Waals surface area contributed by atoms with Crippen molar-refractivity contribution >= 4 is 34.3 Å². The Morgan fingerprint density at radius 2 is 1.87 bits per heavy atom. The van der Waals surface area contributed by atoms with E-state index in [0.29, 0.717) is 17.9 Å². The molecule has 3 aromatic rings. The molecule has 1 aromatic heterocycles. The number of fused-ring (bicyclic) bond motifs is 1. The summed E-state index contributed by atoms with van der Waals surface area (Å²) in [4.78, 5) is 33.4. The Bertz CT molecular complexity index is 1360. The third kappa shape index (κ3) is 7.25. The summed E-state index contributed by atoms with van der Waals surface area (Å²) >= 11 is 6.08. The van der Waals surface area contributed by atoms with Gasteiger partial charge in [-0.3, -0.25) is 14.5 Å². The van der Waals surface area contributed by atoms with E-state index in [1.807, 2.05) is 43.9 Å². The highest BCUT2D eigenvalue weighted by atomic mass is 35.5. The molecule has 2 aromatic carbocycles. The van der Waals surface area contributed by atoms with Gasteiger partial charge in [-0.2, -0.15) is 0 Å². The number of benzene rings is 2. The normalized spacial score (nSPS) is 14.2. The van der Waals surface area contributed by atoms with Gasteiger partial charge in [-0.25, -0.2) is 9.37 Å². The molecule has 208 valence electrons. The Balaban J connectivity index is 1.52. The van der Waals surface area contributed by atoms with Gasteiger partial charge in [-0.15, -0.1) is 0 Å². The number of piperazine rings is 1. The van der Waals surface area contributed by atoms with Crippen LogP contribution in [0.4, 0.5) is 4.39 Å². The number of nitrogens with zero attached hydrogens (tertiary/aromatic N) is 3. The van der Waals surface area contributed by atoms with Gasteiger partial charge in [0.2, 0.25) is 11.8 Å². The van der Waals surface area contributed by atoms with Crippen molar-refractivity contribution < 1.29 is 18.7 Å². The predicted molar refractivity (Wildman–Crippen MR) is 153 cm³/mol. The molecule has 39 heavy (non-hydrogen) atoms. The molecule has 1 N–H and O–H groups in total. The van der Waals surface area contributed by atoms with Crippen LogP contribution in [0, 0.1) is 12.7 Å². The summed E-state index contributed by atoms with van der Waals surface area (Å²) in [6.45, 7) is 12.2. The zero-order valence-electron chi connectivity index (χ0n) is 23.0. The number of ether oxygens (including phenoxy) is 1. The largest absolute Gasteiger partial charge is 0.494 e. The zero-order valence-corrected chi connectivity index (χ0v) is 23.8. The van der Waals surface area contributed by atoms with Crippen LogP contribution in [0.3, 0.4) is 0 Å². The molecule has 0 spiro atoms. The van der Waals surface area contributed by atoms with Gasteiger partial charge in [-0.05, 0) is 74.7 Å². The van der Waals surface area contributed by atoms with Gasteiger partial charge in [0, 0.05) is 56.6 Å². The highest BCUT2D eigenvalue weighted by Crippen LogP contribution is 2.33. The molecule has 1 aliphatic rings. The minimum absolute atomic E-state index is 0.00736. The lowest BCUT2D eigenvalue weighted by Crippen LogP contribution is -2.48. The number of nitrogens with one attached hydrogen (secondary N) is 1. The molecule has 1 saturated heterocycles. The SMILES string of the molecule is CC(=O)N1CCN(CCCOc2ccc3nc(-c4ccc(F)c(Cl)c4)c(CC(=O)NC(C)C)c(C)c3c2)CC1. The number of hydrogen-bond donors (Lipinski definition) is 1. The monoisotopic (exact) mass is 554 g/mol. The molecule has 1 aliphatic heterocycles. The molecule has 0 radical (unpaired) electrons. The molecule has 2 heterocycles. The van der Waals surface area contributed by atoms with Crippen LogP contribution in [0.1, 0.15) is 38.3 Å². The van der Waals surface area contributed by atoms with E-state index in [2.05, 4.69) is 10.2 Å². The Morgan fingerprint density at radius 1 is 1.13 bits per heavy atom. The van der Waals surface area contributed by atoms with Gasteiger partial charge in [0.1, 0.15) is 11.6 Å². The van der Waals surface area contributed by atoms with Crippen molar-refractivity contribution in [3.05, 3.63) is 58.4 Å². The first-order chi connectivity index (χ1) is 18.6. The van der Waals surface area contributed by atoms with Crippen LogP contribution in [-0.4, -0.2) is 72.0 Å². The number of aromatic nitrogens is 1. The first kappa shape index (κ1) is 28.8. The first-order valence-electron chi connectivity index (χ1n) is 13.4. The smallest absolute Gasteiger partial charge is 0.224 e. The van der Waals surface area contributed by atoms with Crippen molar-refractivity contribution in [2.75, 3.05) is 39.3 Å². The quantitative estimate of drug-likeness (QED) is 0.377. The van der Waals surface area contributed by atoms with Crippen molar-refractivity contribution in [3.8, 4) is 17.0 Å². The highest BCUT2D eigenvalue weighted by Gasteiger charge is 2.20. The van der Waals surface area contributed by atoms with Crippen LogP contribution < -0.4 is 10.1 Å². The number of amides is 2. The van der Waals surface area contributed by atoms with Crippen LogP contribution in [0.15, 0.2) is 36.4 Å². The number of carbonyl (C=O) groups excluding carboxylic acids is 2. The molecule has 0 unspecified atom stereocenters. The van der Waals surface area contributed by atoms with Crippen LogP contribution >= 0.6 is 11.6 Å². The van der Waals surface area contributed by atoms with E-state index in [-0.39, 0.29) is 29.3 Å². The summed E-state index contributed by atoms with van der Waals surface area (Å²) in [5.74, 6) is 0.262. The Kier molecular flexibility index (Phi) is 9.40. The number of halogens is 2. The number of rotatable bonds is 9. The maximum atomic E-state index is 13.9. The second kappa shape index (κ2) is 12.7. The summed E-state index contributed by atoms with van der Waals surface area (Å²) in [6.07, 6.45) is 1.01. The lowest BCUT2D eigenvalue weighted by atomic mass is 9.95. The summed E-state index contributed by atoms with van der Waals surface area (Å²) in [6, 6.07) is 10.3. The van der Waals surface area contributed by atoms with E-state index in [9.17, 15) is 14.0 Å². The maximum Gasteiger partial charge on any atom is 0.224 e. The van der Waals surface area contributed by atoms with Crippen LogP contribution in [0.2, 0.25) is 5.02 Å². The van der Waals surface area contributed by atoms with E-state index < -0.39 is 5.82 Å². The van der Waals surface area contributed by atoms with Crippen molar-refractivity contribution in [2.24, 2.45) is 0 Å². The zero-order chi connectivity index (χ0) is 28.1. The summed E-state index contributed by atoms with van der Waals surface area (Å²) < 4.78 is 20.0. The summed E-state index contributed by atoms with van der Waals surface area (Å²) in [5, 5.41) is 3.85. The molecule has 0 saturated carbocycles. The van der Waals surface area contributed by atoms with Gasteiger partial charge in [0.25, 0.3) is 0 Å². The van der Waals surface area contributed by atoms with Gasteiger partial charge >= 0.3 is 0 Å². The first-order valence-corrected chi connectivity index (χ1v) is 13.8. The topological polar surface area (TPSA) is 74.8 Å². The Labute approximate surface area is 234 Å². The lowest BCUT2D eigenvalue weighted by molar-refractivity contribution is -0.130. The molecule has 0 bridgehead atoms. The maximum absolute atomic E-state index is 13.9.